The third-order valence-corrected chi connectivity index (χ3v) is 5.46. The summed E-state index contributed by atoms with van der Waals surface area (Å²) in [4.78, 5) is 36.9. The second-order valence-electron chi connectivity index (χ2n) is 7.50. The number of halogens is 2. The molecular formula is C26H20ClFN4O2. The van der Waals surface area contributed by atoms with Gasteiger partial charge in [-0.05, 0) is 66.6 Å². The number of nitrogens with one attached hydrogen (secondary N) is 1. The van der Waals surface area contributed by atoms with Crippen molar-refractivity contribution >= 4 is 34.8 Å². The minimum Gasteiger partial charge on any atom is -0.324 e. The van der Waals surface area contributed by atoms with Gasteiger partial charge in [-0.2, -0.15) is 0 Å². The number of nitrogens with zero attached hydrogens (tertiary/aromatic N) is 3. The molecule has 0 aliphatic carbocycles. The van der Waals surface area contributed by atoms with Gasteiger partial charge in [0, 0.05) is 28.8 Å². The molecule has 0 bridgehead atoms. The van der Waals surface area contributed by atoms with Crippen molar-refractivity contribution in [2.45, 2.75) is 13.0 Å². The molecule has 1 aromatic heterocycles. The van der Waals surface area contributed by atoms with E-state index in [4.69, 9.17) is 11.6 Å². The van der Waals surface area contributed by atoms with Crippen molar-refractivity contribution in [1.82, 2.24) is 9.97 Å². The van der Waals surface area contributed by atoms with Crippen molar-refractivity contribution in [3.63, 3.8) is 0 Å². The third-order valence-electron chi connectivity index (χ3n) is 5.21. The van der Waals surface area contributed by atoms with Crippen LogP contribution in [0.4, 0.5) is 15.8 Å². The fraction of sp³-hybridized carbons (Fsp3) is 0.0769. The van der Waals surface area contributed by atoms with Gasteiger partial charge < -0.3 is 5.32 Å². The normalized spacial score (nSPS) is 11.5. The quantitative estimate of drug-likeness (QED) is 0.394. The smallest absolute Gasteiger partial charge is 0.279 e. The molecule has 1 N–H and O–H groups in total. The van der Waals surface area contributed by atoms with Gasteiger partial charge in [0.05, 0.1) is 6.20 Å². The predicted molar refractivity (Wildman–Crippen MR) is 129 cm³/mol. The molecule has 0 radical (unpaired) electrons. The number of hydrogen-bond acceptors (Lipinski definition) is 4. The Hall–Kier alpha value is -4.10. The second kappa shape index (κ2) is 10.2. The van der Waals surface area contributed by atoms with E-state index < -0.39 is 23.7 Å². The van der Waals surface area contributed by atoms with Gasteiger partial charge in [0.15, 0.2) is 0 Å². The van der Waals surface area contributed by atoms with Crippen molar-refractivity contribution < 1.29 is 14.0 Å². The van der Waals surface area contributed by atoms with Crippen molar-refractivity contribution in [3.8, 4) is 0 Å². The van der Waals surface area contributed by atoms with Gasteiger partial charge in [-0.3, -0.25) is 19.5 Å². The highest BCUT2D eigenvalue weighted by Crippen LogP contribution is 2.32. The molecule has 0 aliphatic heterocycles. The van der Waals surface area contributed by atoms with E-state index in [1.54, 1.807) is 36.4 Å². The number of anilines is 2. The molecule has 8 heteroatoms. The average molecular weight is 475 g/mol. The van der Waals surface area contributed by atoms with E-state index in [0.717, 1.165) is 5.56 Å². The van der Waals surface area contributed by atoms with Crippen LogP contribution in [0.15, 0.2) is 91.4 Å². The summed E-state index contributed by atoms with van der Waals surface area (Å²) >= 11 is 6.08. The zero-order valence-electron chi connectivity index (χ0n) is 18.2. The summed E-state index contributed by atoms with van der Waals surface area (Å²) in [7, 11) is 0. The van der Waals surface area contributed by atoms with Crippen LogP contribution in [0.5, 0.6) is 0 Å². The summed E-state index contributed by atoms with van der Waals surface area (Å²) in [5.41, 5.74) is 2.35. The van der Waals surface area contributed by atoms with Gasteiger partial charge in [0.1, 0.15) is 17.6 Å². The van der Waals surface area contributed by atoms with E-state index >= 15 is 0 Å². The Kier molecular flexibility index (Phi) is 6.94. The van der Waals surface area contributed by atoms with E-state index in [-0.39, 0.29) is 5.69 Å². The number of aromatic nitrogens is 2. The Morgan fingerprint density at radius 3 is 2.32 bits per heavy atom. The summed E-state index contributed by atoms with van der Waals surface area (Å²) in [6, 6.07) is 18.2. The van der Waals surface area contributed by atoms with E-state index in [1.165, 1.54) is 47.8 Å². The summed E-state index contributed by atoms with van der Waals surface area (Å²) in [6.07, 6.45) is 4.22. The van der Waals surface area contributed by atoms with E-state index in [2.05, 4.69) is 15.3 Å². The van der Waals surface area contributed by atoms with Crippen LogP contribution in [0.25, 0.3) is 0 Å². The van der Waals surface area contributed by atoms with Gasteiger partial charge in [-0.25, -0.2) is 9.37 Å². The molecule has 0 spiro atoms. The predicted octanol–water partition coefficient (Wildman–Crippen LogP) is 5.60. The largest absolute Gasteiger partial charge is 0.324 e. The highest BCUT2D eigenvalue weighted by molar-refractivity contribution is 6.30. The lowest BCUT2D eigenvalue weighted by Gasteiger charge is -2.32. The molecule has 3 aromatic carbocycles. The Morgan fingerprint density at radius 1 is 0.971 bits per heavy atom. The molecule has 170 valence electrons. The van der Waals surface area contributed by atoms with Crippen LogP contribution in [0.3, 0.4) is 0 Å². The number of aryl methyl sites for hydroxylation is 1. The standard InChI is InChI=1S/C26H20ClFN4O2/c1-17-4-2-3-5-22(17)24(25(33)31-20-10-8-19(28)9-11-20)32(21-12-6-18(27)7-13-21)26(34)23-16-29-14-15-30-23/h2-16,24H,1H3,(H,31,33)/t24-/m0/s1. The maximum Gasteiger partial charge on any atom is 0.279 e. The maximum absolute atomic E-state index is 13.7. The lowest BCUT2D eigenvalue weighted by Crippen LogP contribution is -2.42. The minimum absolute atomic E-state index is 0.0746. The molecule has 0 aliphatic rings. The number of carbonyl (C=O) groups is 2. The van der Waals surface area contributed by atoms with Crippen molar-refractivity contribution in [1.29, 1.82) is 0 Å². The van der Waals surface area contributed by atoms with Gasteiger partial charge in [-0.15, -0.1) is 0 Å². The third kappa shape index (κ3) is 5.10. The topological polar surface area (TPSA) is 75.2 Å². The Bertz CT molecular complexity index is 1300. The first kappa shape index (κ1) is 23.1. The van der Waals surface area contributed by atoms with Crippen molar-refractivity contribution in [2.75, 3.05) is 10.2 Å². The van der Waals surface area contributed by atoms with Crippen LogP contribution in [0.2, 0.25) is 5.02 Å². The van der Waals surface area contributed by atoms with Crippen LogP contribution in [-0.2, 0) is 4.79 Å². The summed E-state index contributed by atoms with van der Waals surface area (Å²) in [6.45, 7) is 1.86. The first-order valence-electron chi connectivity index (χ1n) is 10.4. The molecular weight excluding hydrogens is 455 g/mol. The van der Waals surface area contributed by atoms with Crippen LogP contribution >= 0.6 is 11.6 Å². The molecule has 2 amide bonds. The number of benzene rings is 3. The average Bonchev–Trinajstić information content (AvgIpc) is 2.85. The first-order chi connectivity index (χ1) is 16.4. The fourth-order valence-electron chi connectivity index (χ4n) is 3.55. The van der Waals surface area contributed by atoms with Crippen LogP contribution in [0, 0.1) is 12.7 Å². The monoisotopic (exact) mass is 474 g/mol. The minimum atomic E-state index is -1.07. The molecule has 1 heterocycles. The lowest BCUT2D eigenvalue weighted by molar-refractivity contribution is -0.117. The second-order valence-corrected chi connectivity index (χ2v) is 7.93. The lowest BCUT2D eigenvalue weighted by atomic mass is 9.97. The Labute approximate surface area is 201 Å². The van der Waals surface area contributed by atoms with Crippen LogP contribution in [-0.4, -0.2) is 21.8 Å². The SMILES string of the molecule is Cc1ccccc1[C@@H](C(=O)Nc1ccc(F)cc1)N(C(=O)c1cnccn1)c1ccc(Cl)cc1. The number of rotatable bonds is 6. The number of hydrogen-bond donors (Lipinski definition) is 1. The molecule has 34 heavy (non-hydrogen) atoms. The van der Waals surface area contributed by atoms with Crippen LogP contribution < -0.4 is 10.2 Å². The van der Waals surface area contributed by atoms with Gasteiger partial charge in [-0.1, -0.05) is 35.9 Å². The maximum atomic E-state index is 13.7. The Morgan fingerprint density at radius 2 is 1.68 bits per heavy atom. The molecule has 6 nitrogen and oxygen atoms in total. The number of carbonyl (C=O) groups excluding carboxylic acids is 2. The molecule has 4 rings (SSSR count). The Balaban J connectivity index is 1.85. The molecule has 0 unspecified atom stereocenters. The summed E-state index contributed by atoms with van der Waals surface area (Å²) < 4.78 is 13.4. The van der Waals surface area contributed by atoms with Crippen LogP contribution in [0.1, 0.15) is 27.7 Å². The molecule has 1 atom stereocenters. The first-order valence-corrected chi connectivity index (χ1v) is 10.8. The van der Waals surface area contributed by atoms with Gasteiger partial charge >= 0.3 is 0 Å². The highest BCUT2D eigenvalue weighted by atomic mass is 35.5. The van der Waals surface area contributed by atoms with E-state index in [0.29, 0.717) is 22.0 Å². The van der Waals surface area contributed by atoms with Gasteiger partial charge in [0.25, 0.3) is 11.8 Å². The zero-order valence-corrected chi connectivity index (χ0v) is 18.9. The van der Waals surface area contributed by atoms with Crippen molar-refractivity contribution in [3.05, 3.63) is 119 Å². The molecule has 4 aromatic rings. The fourth-order valence-corrected chi connectivity index (χ4v) is 3.68. The molecule has 0 saturated heterocycles. The molecule has 0 saturated carbocycles. The van der Waals surface area contributed by atoms with E-state index in [1.807, 2.05) is 19.1 Å². The van der Waals surface area contributed by atoms with E-state index in [9.17, 15) is 14.0 Å². The van der Waals surface area contributed by atoms with Gasteiger partial charge in [0.2, 0.25) is 0 Å². The number of amides is 2. The highest BCUT2D eigenvalue weighted by Gasteiger charge is 2.35. The summed E-state index contributed by atoms with van der Waals surface area (Å²) in [5.74, 6) is -1.42. The zero-order chi connectivity index (χ0) is 24.1. The van der Waals surface area contributed by atoms with Crippen molar-refractivity contribution in [2.24, 2.45) is 0 Å². The molecule has 0 fully saturated rings. The summed E-state index contributed by atoms with van der Waals surface area (Å²) in [5, 5.41) is 3.29.